The Balaban J connectivity index is 2.44. The summed E-state index contributed by atoms with van der Waals surface area (Å²) >= 11 is 5.73. The first-order valence-electron chi connectivity index (χ1n) is 3.43. The Labute approximate surface area is 70.5 Å². The van der Waals surface area contributed by atoms with Gasteiger partial charge in [0.25, 0.3) is 0 Å². The van der Waals surface area contributed by atoms with Crippen LogP contribution in [0, 0.1) is 0 Å². The zero-order valence-electron chi connectivity index (χ0n) is 6.58. The van der Waals surface area contributed by atoms with Gasteiger partial charge in [0.05, 0.1) is 6.20 Å². The average molecular weight is 175 g/mol. The van der Waals surface area contributed by atoms with Crippen LogP contribution >= 0.6 is 11.6 Å². The molecule has 11 heavy (non-hydrogen) atoms. The van der Waals surface area contributed by atoms with Crippen molar-refractivity contribution in [3.05, 3.63) is 6.20 Å². The number of aromatic nitrogens is 3. The number of halogens is 1. The number of aryl methyl sites for hydroxylation is 1. The van der Waals surface area contributed by atoms with Crippen LogP contribution in [0.3, 0.4) is 0 Å². The normalized spacial score (nSPS) is 13.0. The number of nitrogens with zero attached hydrogens (tertiary/aromatic N) is 3. The molecular weight excluding hydrogens is 164 g/mol. The van der Waals surface area contributed by atoms with Gasteiger partial charge in [0.15, 0.2) is 0 Å². The molecule has 1 aromatic rings. The molecular formula is C6H11ClN4. The lowest BCUT2D eigenvalue weighted by atomic mass is 10.5. The highest BCUT2D eigenvalue weighted by Gasteiger charge is 1.99. The van der Waals surface area contributed by atoms with Crippen molar-refractivity contribution < 1.29 is 0 Å². The molecule has 1 rings (SSSR count). The van der Waals surface area contributed by atoms with E-state index < -0.39 is 0 Å². The second-order valence-corrected chi connectivity index (χ2v) is 3.15. The molecule has 0 saturated carbocycles. The highest BCUT2D eigenvalue weighted by Crippen LogP contribution is 2.02. The van der Waals surface area contributed by atoms with Crippen molar-refractivity contribution in [1.82, 2.24) is 15.0 Å². The van der Waals surface area contributed by atoms with E-state index in [9.17, 15) is 0 Å². The quantitative estimate of drug-likeness (QED) is 0.692. The van der Waals surface area contributed by atoms with E-state index in [0.717, 1.165) is 12.4 Å². The van der Waals surface area contributed by atoms with E-state index in [-0.39, 0.29) is 5.38 Å². The Bertz CT molecular complexity index is 220. The number of alkyl halides is 1. The van der Waals surface area contributed by atoms with Gasteiger partial charge < -0.3 is 5.32 Å². The van der Waals surface area contributed by atoms with Crippen molar-refractivity contribution in [3.63, 3.8) is 0 Å². The summed E-state index contributed by atoms with van der Waals surface area (Å²) in [5.41, 5.74) is 0. The minimum atomic E-state index is 0.116. The molecule has 1 aromatic heterocycles. The molecule has 0 aliphatic rings. The van der Waals surface area contributed by atoms with Gasteiger partial charge in [0, 0.05) is 19.0 Å². The van der Waals surface area contributed by atoms with Gasteiger partial charge >= 0.3 is 0 Å². The first-order chi connectivity index (χ1) is 5.20. The van der Waals surface area contributed by atoms with Crippen molar-refractivity contribution in [2.75, 3.05) is 11.9 Å². The van der Waals surface area contributed by atoms with Crippen LogP contribution in [0.1, 0.15) is 6.92 Å². The average Bonchev–Trinajstić information content (AvgIpc) is 2.31. The van der Waals surface area contributed by atoms with Gasteiger partial charge in [-0.25, -0.2) is 4.68 Å². The van der Waals surface area contributed by atoms with Crippen LogP contribution in [0.4, 0.5) is 5.82 Å². The summed E-state index contributed by atoms with van der Waals surface area (Å²) in [5, 5.41) is 10.7. The van der Waals surface area contributed by atoms with Crippen molar-refractivity contribution in [1.29, 1.82) is 0 Å². The maximum Gasteiger partial charge on any atom is 0.144 e. The number of hydrogen-bond donors (Lipinski definition) is 1. The smallest absolute Gasteiger partial charge is 0.144 e. The van der Waals surface area contributed by atoms with Crippen LogP contribution in [0.5, 0.6) is 0 Å². The third-order valence-corrected chi connectivity index (χ3v) is 1.43. The number of hydrogen-bond acceptors (Lipinski definition) is 3. The molecule has 0 bridgehead atoms. The highest BCUT2D eigenvalue weighted by molar-refractivity contribution is 6.20. The molecule has 0 amide bonds. The maximum absolute atomic E-state index is 5.73. The van der Waals surface area contributed by atoms with E-state index in [2.05, 4.69) is 15.6 Å². The molecule has 0 spiro atoms. The van der Waals surface area contributed by atoms with Gasteiger partial charge in [-0.15, -0.1) is 16.7 Å². The Morgan fingerprint density at radius 3 is 3.00 bits per heavy atom. The van der Waals surface area contributed by atoms with Crippen LogP contribution in [-0.4, -0.2) is 26.9 Å². The van der Waals surface area contributed by atoms with Crippen molar-refractivity contribution in [3.8, 4) is 0 Å². The molecule has 62 valence electrons. The van der Waals surface area contributed by atoms with Crippen LogP contribution in [-0.2, 0) is 7.05 Å². The number of nitrogens with one attached hydrogen (secondary N) is 1. The Kier molecular flexibility index (Phi) is 2.70. The van der Waals surface area contributed by atoms with Gasteiger partial charge in [-0.05, 0) is 6.92 Å². The third-order valence-electron chi connectivity index (χ3n) is 1.28. The summed E-state index contributed by atoms with van der Waals surface area (Å²) in [6.45, 7) is 2.65. The van der Waals surface area contributed by atoms with E-state index in [4.69, 9.17) is 11.6 Å². The molecule has 0 fully saturated rings. The van der Waals surface area contributed by atoms with E-state index in [1.54, 1.807) is 10.9 Å². The van der Waals surface area contributed by atoms with E-state index in [0.29, 0.717) is 0 Å². The van der Waals surface area contributed by atoms with Crippen LogP contribution in [0.2, 0.25) is 0 Å². The zero-order chi connectivity index (χ0) is 8.27. The standard InChI is InChI=1S/C6H11ClN4/c1-5(7)3-8-6-4-9-10-11(6)2/h4-5,8H,3H2,1-2H3. The molecule has 0 aliphatic heterocycles. The van der Waals surface area contributed by atoms with Gasteiger partial charge in [-0.2, -0.15) is 0 Å². The molecule has 4 nitrogen and oxygen atoms in total. The SMILES string of the molecule is CC(Cl)CNc1cnnn1C. The van der Waals surface area contributed by atoms with Gasteiger partial charge in [-0.3, -0.25) is 0 Å². The fourth-order valence-corrected chi connectivity index (χ4v) is 0.772. The monoisotopic (exact) mass is 174 g/mol. The molecule has 0 radical (unpaired) electrons. The summed E-state index contributed by atoms with van der Waals surface area (Å²) in [5.74, 6) is 0.887. The Morgan fingerprint density at radius 2 is 2.55 bits per heavy atom. The molecule has 1 unspecified atom stereocenters. The molecule has 1 heterocycles. The zero-order valence-corrected chi connectivity index (χ0v) is 7.34. The predicted octanol–water partition coefficient (Wildman–Crippen LogP) is 0.854. The minimum absolute atomic E-state index is 0.116. The number of rotatable bonds is 3. The Morgan fingerprint density at radius 1 is 1.82 bits per heavy atom. The summed E-state index contributed by atoms with van der Waals surface area (Å²) in [4.78, 5) is 0. The molecule has 0 saturated heterocycles. The number of anilines is 1. The maximum atomic E-state index is 5.73. The molecule has 5 heteroatoms. The summed E-state index contributed by atoms with van der Waals surface area (Å²) in [6, 6.07) is 0. The van der Waals surface area contributed by atoms with E-state index >= 15 is 0 Å². The van der Waals surface area contributed by atoms with Crippen LogP contribution in [0.15, 0.2) is 6.20 Å². The molecule has 1 atom stereocenters. The highest BCUT2D eigenvalue weighted by atomic mass is 35.5. The second kappa shape index (κ2) is 3.57. The van der Waals surface area contributed by atoms with Crippen LogP contribution in [0.25, 0.3) is 0 Å². The Hall–Kier alpha value is -0.770. The van der Waals surface area contributed by atoms with Gasteiger partial charge in [-0.1, -0.05) is 5.21 Å². The van der Waals surface area contributed by atoms with Crippen LogP contribution < -0.4 is 5.32 Å². The minimum Gasteiger partial charge on any atom is -0.367 e. The third kappa shape index (κ3) is 2.38. The van der Waals surface area contributed by atoms with Crippen molar-refractivity contribution >= 4 is 17.4 Å². The molecule has 0 aliphatic carbocycles. The first-order valence-corrected chi connectivity index (χ1v) is 3.86. The van der Waals surface area contributed by atoms with Gasteiger partial charge in [0.1, 0.15) is 5.82 Å². The summed E-state index contributed by atoms with van der Waals surface area (Å²) in [6.07, 6.45) is 1.67. The fourth-order valence-electron chi connectivity index (χ4n) is 0.695. The lowest BCUT2D eigenvalue weighted by molar-refractivity contribution is 0.716. The van der Waals surface area contributed by atoms with Crippen molar-refractivity contribution in [2.45, 2.75) is 12.3 Å². The fraction of sp³-hybridized carbons (Fsp3) is 0.667. The molecule has 1 N–H and O–H groups in total. The second-order valence-electron chi connectivity index (χ2n) is 2.40. The lowest BCUT2D eigenvalue weighted by Crippen LogP contribution is -2.12. The molecule has 0 aromatic carbocycles. The predicted molar refractivity (Wildman–Crippen MR) is 44.8 cm³/mol. The van der Waals surface area contributed by atoms with E-state index in [1.807, 2.05) is 14.0 Å². The largest absolute Gasteiger partial charge is 0.367 e. The summed E-state index contributed by atoms with van der Waals surface area (Å²) in [7, 11) is 1.83. The first kappa shape index (κ1) is 8.33. The van der Waals surface area contributed by atoms with Crippen molar-refractivity contribution in [2.24, 2.45) is 7.05 Å². The summed E-state index contributed by atoms with van der Waals surface area (Å²) < 4.78 is 1.67. The van der Waals surface area contributed by atoms with Gasteiger partial charge in [0.2, 0.25) is 0 Å². The topological polar surface area (TPSA) is 42.7 Å². The lowest BCUT2D eigenvalue weighted by Gasteiger charge is -2.05. The van der Waals surface area contributed by atoms with E-state index in [1.165, 1.54) is 0 Å².